The molecule has 106 valence electrons. The summed E-state index contributed by atoms with van der Waals surface area (Å²) in [6, 6.07) is 11.6. The minimum atomic E-state index is 0.573. The van der Waals surface area contributed by atoms with Crippen LogP contribution in [0.15, 0.2) is 30.3 Å². The Kier molecular flexibility index (Phi) is 5.41. The molecule has 1 aromatic carbocycles. The van der Waals surface area contributed by atoms with Crippen molar-refractivity contribution in [3.05, 3.63) is 35.9 Å². The fourth-order valence-electron chi connectivity index (χ4n) is 3.21. The van der Waals surface area contributed by atoms with Crippen LogP contribution in [0.5, 0.6) is 0 Å². The van der Waals surface area contributed by atoms with Crippen molar-refractivity contribution in [1.29, 1.82) is 0 Å². The highest BCUT2D eigenvalue weighted by molar-refractivity contribution is 5.19. The molecule has 0 spiro atoms. The summed E-state index contributed by atoms with van der Waals surface area (Å²) in [7, 11) is 0. The highest BCUT2D eigenvalue weighted by Gasteiger charge is 2.24. The van der Waals surface area contributed by atoms with Gasteiger partial charge in [-0.1, -0.05) is 51.1 Å². The van der Waals surface area contributed by atoms with Crippen LogP contribution in [0.25, 0.3) is 0 Å². The Bertz CT molecular complexity index is 351. The fourth-order valence-corrected chi connectivity index (χ4v) is 3.21. The second-order valence-electron chi connectivity index (χ2n) is 6.16. The summed E-state index contributed by atoms with van der Waals surface area (Å²) in [5.74, 6) is 1.45. The molecule has 2 rings (SSSR count). The molecular formula is C17H28N2. The molecular weight excluding hydrogens is 232 g/mol. The molecule has 0 amide bonds. The largest absolute Gasteiger partial charge is 0.316 e. The van der Waals surface area contributed by atoms with Gasteiger partial charge in [-0.25, -0.2) is 0 Å². The molecule has 2 heteroatoms. The molecule has 1 aliphatic rings. The van der Waals surface area contributed by atoms with Crippen molar-refractivity contribution < 1.29 is 0 Å². The topological polar surface area (TPSA) is 15.3 Å². The van der Waals surface area contributed by atoms with E-state index in [-0.39, 0.29) is 0 Å². The summed E-state index contributed by atoms with van der Waals surface area (Å²) in [5, 5.41) is 3.58. The van der Waals surface area contributed by atoms with E-state index in [1.165, 1.54) is 25.1 Å². The second-order valence-corrected chi connectivity index (χ2v) is 6.16. The highest BCUT2D eigenvalue weighted by Crippen LogP contribution is 2.26. The normalized spacial score (nSPS) is 27.5. The monoisotopic (exact) mass is 260 g/mol. The van der Waals surface area contributed by atoms with Crippen LogP contribution >= 0.6 is 0 Å². The first-order valence-corrected chi connectivity index (χ1v) is 7.70. The van der Waals surface area contributed by atoms with Gasteiger partial charge in [-0.15, -0.1) is 0 Å². The summed E-state index contributed by atoms with van der Waals surface area (Å²) in [6.45, 7) is 11.7. The van der Waals surface area contributed by atoms with Crippen LogP contribution in [-0.2, 0) is 0 Å². The summed E-state index contributed by atoms with van der Waals surface area (Å²) >= 11 is 0. The van der Waals surface area contributed by atoms with E-state index in [0.717, 1.165) is 24.9 Å². The standard InChI is InChI=1S/C17H28N2/c1-4-17(16-8-6-5-7-9-16)19-12-14(2)10-18-11-15(3)13-19/h5-9,14-15,17-18H,4,10-13H2,1-3H3. The Labute approximate surface area is 118 Å². The van der Waals surface area contributed by atoms with Crippen molar-refractivity contribution in [3.63, 3.8) is 0 Å². The lowest BCUT2D eigenvalue weighted by atomic mass is 9.98. The van der Waals surface area contributed by atoms with Crippen LogP contribution in [0.2, 0.25) is 0 Å². The van der Waals surface area contributed by atoms with E-state index in [9.17, 15) is 0 Å². The van der Waals surface area contributed by atoms with E-state index in [1.54, 1.807) is 0 Å². The first-order valence-electron chi connectivity index (χ1n) is 7.70. The lowest BCUT2D eigenvalue weighted by Crippen LogP contribution is -2.44. The minimum absolute atomic E-state index is 0.573. The Morgan fingerprint density at radius 3 is 2.21 bits per heavy atom. The van der Waals surface area contributed by atoms with Crippen molar-refractivity contribution in [2.24, 2.45) is 11.8 Å². The van der Waals surface area contributed by atoms with Crippen molar-refractivity contribution in [1.82, 2.24) is 10.2 Å². The van der Waals surface area contributed by atoms with Gasteiger partial charge in [0, 0.05) is 19.1 Å². The molecule has 1 aromatic rings. The van der Waals surface area contributed by atoms with Crippen LogP contribution in [0, 0.1) is 11.8 Å². The third-order valence-electron chi connectivity index (χ3n) is 4.09. The third kappa shape index (κ3) is 4.05. The quantitative estimate of drug-likeness (QED) is 0.897. The molecule has 1 saturated heterocycles. The molecule has 1 N–H and O–H groups in total. The van der Waals surface area contributed by atoms with Crippen molar-refractivity contribution >= 4 is 0 Å². The summed E-state index contributed by atoms with van der Waals surface area (Å²) in [4.78, 5) is 2.70. The number of hydrogen-bond acceptors (Lipinski definition) is 2. The van der Waals surface area contributed by atoms with E-state index in [2.05, 4.69) is 61.3 Å². The summed E-state index contributed by atoms with van der Waals surface area (Å²) in [6.07, 6.45) is 1.19. The average Bonchev–Trinajstić information content (AvgIpc) is 2.39. The van der Waals surface area contributed by atoms with Crippen molar-refractivity contribution in [3.8, 4) is 0 Å². The maximum Gasteiger partial charge on any atom is 0.0345 e. The number of nitrogens with one attached hydrogen (secondary N) is 1. The predicted octanol–water partition coefficient (Wildman–Crippen LogP) is 3.32. The first-order chi connectivity index (χ1) is 9.20. The van der Waals surface area contributed by atoms with Gasteiger partial charge in [0.15, 0.2) is 0 Å². The molecule has 2 nitrogen and oxygen atoms in total. The van der Waals surface area contributed by atoms with Crippen molar-refractivity contribution in [2.45, 2.75) is 33.2 Å². The van der Waals surface area contributed by atoms with Gasteiger partial charge >= 0.3 is 0 Å². The molecule has 1 heterocycles. The minimum Gasteiger partial charge on any atom is -0.316 e. The fraction of sp³-hybridized carbons (Fsp3) is 0.647. The SMILES string of the molecule is CCC(c1ccccc1)N1CC(C)CNCC(C)C1. The summed E-state index contributed by atoms with van der Waals surface area (Å²) < 4.78 is 0. The smallest absolute Gasteiger partial charge is 0.0345 e. The average molecular weight is 260 g/mol. The van der Waals surface area contributed by atoms with Gasteiger partial charge in [0.1, 0.15) is 0 Å². The lowest BCUT2D eigenvalue weighted by molar-refractivity contribution is 0.129. The Balaban J connectivity index is 2.14. The van der Waals surface area contributed by atoms with Gasteiger partial charge in [0.2, 0.25) is 0 Å². The van der Waals surface area contributed by atoms with E-state index in [1.807, 2.05) is 0 Å². The lowest BCUT2D eigenvalue weighted by Gasteiger charge is -2.37. The number of rotatable bonds is 3. The zero-order valence-corrected chi connectivity index (χ0v) is 12.6. The van der Waals surface area contributed by atoms with E-state index < -0.39 is 0 Å². The van der Waals surface area contributed by atoms with Crippen LogP contribution in [-0.4, -0.2) is 31.1 Å². The van der Waals surface area contributed by atoms with Crippen molar-refractivity contribution in [2.75, 3.05) is 26.2 Å². The van der Waals surface area contributed by atoms with Gasteiger partial charge in [-0.05, 0) is 36.9 Å². The zero-order chi connectivity index (χ0) is 13.7. The Morgan fingerprint density at radius 2 is 1.68 bits per heavy atom. The number of benzene rings is 1. The van der Waals surface area contributed by atoms with Crippen LogP contribution < -0.4 is 5.32 Å². The third-order valence-corrected chi connectivity index (χ3v) is 4.09. The number of hydrogen-bond donors (Lipinski definition) is 1. The van der Waals surface area contributed by atoms with Gasteiger partial charge in [0.25, 0.3) is 0 Å². The van der Waals surface area contributed by atoms with Gasteiger partial charge in [0.05, 0.1) is 0 Å². The molecule has 3 unspecified atom stereocenters. The number of nitrogens with zero attached hydrogens (tertiary/aromatic N) is 1. The highest BCUT2D eigenvalue weighted by atomic mass is 15.2. The van der Waals surface area contributed by atoms with Crippen LogP contribution in [0.4, 0.5) is 0 Å². The molecule has 1 aliphatic heterocycles. The van der Waals surface area contributed by atoms with E-state index in [4.69, 9.17) is 0 Å². The van der Waals surface area contributed by atoms with Gasteiger partial charge in [-0.3, -0.25) is 4.90 Å². The second kappa shape index (κ2) is 7.06. The first kappa shape index (κ1) is 14.5. The molecule has 0 radical (unpaired) electrons. The Hall–Kier alpha value is -0.860. The van der Waals surface area contributed by atoms with E-state index in [0.29, 0.717) is 6.04 Å². The molecule has 0 bridgehead atoms. The van der Waals surface area contributed by atoms with E-state index >= 15 is 0 Å². The predicted molar refractivity (Wildman–Crippen MR) is 82.2 cm³/mol. The zero-order valence-electron chi connectivity index (χ0n) is 12.6. The molecule has 0 aromatic heterocycles. The van der Waals surface area contributed by atoms with Gasteiger partial charge in [-0.2, -0.15) is 0 Å². The van der Waals surface area contributed by atoms with Crippen LogP contribution in [0.3, 0.4) is 0 Å². The molecule has 1 fully saturated rings. The maximum atomic E-state index is 3.58. The maximum absolute atomic E-state index is 3.58. The molecule has 0 aliphatic carbocycles. The van der Waals surface area contributed by atoms with Gasteiger partial charge < -0.3 is 5.32 Å². The molecule has 3 atom stereocenters. The molecule has 0 saturated carbocycles. The summed E-state index contributed by atoms with van der Waals surface area (Å²) in [5.41, 5.74) is 1.47. The van der Waals surface area contributed by atoms with Crippen LogP contribution in [0.1, 0.15) is 38.8 Å². The Morgan fingerprint density at radius 1 is 1.11 bits per heavy atom. The molecule has 19 heavy (non-hydrogen) atoms.